The largest absolute Gasteiger partial charge is 0.349 e. The first-order chi connectivity index (χ1) is 8.09. The first-order valence-electron chi connectivity index (χ1n) is 6.34. The number of rotatable bonds is 4. The molecule has 5 heteroatoms. The Hall–Kier alpha value is -1.26. The zero-order valence-electron chi connectivity index (χ0n) is 10.8. The Kier molecular flexibility index (Phi) is 5.80. The fraction of sp³-hybridized carbons (Fsp3) is 0.833. The van der Waals surface area contributed by atoms with Crippen LogP contribution in [0.2, 0.25) is 0 Å². The Morgan fingerprint density at radius 3 is 2.41 bits per heavy atom. The molecule has 1 aliphatic carbocycles. The molecule has 0 aliphatic heterocycles. The molecule has 0 unspecified atom stereocenters. The van der Waals surface area contributed by atoms with Crippen molar-refractivity contribution in [1.82, 2.24) is 15.5 Å². The number of hydrogen-bond donors (Lipinski definition) is 2. The Balaban J connectivity index is 2.10. The quantitative estimate of drug-likeness (QED) is 0.774. The molecule has 1 saturated carbocycles. The maximum Gasteiger partial charge on any atom is 0.315 e. The highest BCUT2D eigenvalue weighted by Crippen LogP contribution is 2.16. The summed E-state index contributed by atoms with van der Waals surface area (Å²) in [6.45, 7) is 0.398. The lowest BCUT2D eigenvalue weighted by Crippen LogP contribution is -2.43. The lowest BCUT2D eigenvalue weighted by atomic mass is 9.96. The van der Waals surface area contributed by atoms with E-state index in [0.717, 1.165) is 12.8 Å². The summed E-state index contributed by atoms with van der Waals surface area (Å²) in [5.74, 6) is 0.0305. The fourth-order valence-corrected chi connectivity index (χ4v) is 1.99. The molecule has 1 fully saturated rings. The molecule has 98 valence electrons. The fourth-order valence-electron chi connectivity index (χ4n) is 1.99. The van der Waals surface area contributed by atoms with Crippen LogP contribution in [0.1, 0.15) is 38.5 Å². The number of nitrogens with zero attached hydrogens (tertiary/aromatic N) is 1. The van der Waals surface area contributed by atoms with Gasteiger partial charge in [0.25, 0.3) is 0 Å². The zero-order chi connectivity index (χ0) is 12.7. The molecule has 0 atom stereocenters. The maximum atomic E-state index is 11.5. The van der Waals surface area contributed by atoms with E-state index in [4.69, 9.17) is 0 Å². The predicted octanol–water partition coefficient (Wildman–Crippen LogP) is 1.10. The van der Waals surface area contributed by atoms with E-state index in [-0.39, 0.29) is 11.9 Å². The third-order valence-corrected chi connectivity index (χ3v) is 3.06. The van der Waals surface area contributed by atoms with E-state index in [0.29, 0.717) is 19.0 Å². The van der Waals surface area contributed by atoms with Gasteiger partial charge >= 0.3 is 6.03 Å². The molecule has 1 rings (SSSR count). The van der Waals surface area contributed by atoms with E-state index in [1.54, 1.807) is 14.1 Å². The highest BCUT2D eigenvalue weighted by atomic mass is 16.2. The molecule has 5 nitrogen and oxygen atoms in total. The predicted molar refractivity (Wildman–Crippen MR) is 66.7 cm³/mol. The lowest BCUT2D eigenvalue weighted by molar-refractivity contribution is -0.128. The lowest BCUT2D eigenvalue weighted by Gasteiger charge is -2.22. The molecule has 3 amide bonds. The highest BCUT2D eigenvalue weighted by molar-refractivity contribution is 5.78. The van der Waals surface area contributed by atoms with E-state index < -0.39 is 0 Å². The molecule has 0 aromatic heterocycles. The second kappa shape index (κ2) is 7.14. The van der Waals surface area contributed by atoms with Crippen LogP contribution < -0.4 is 10.6 Å². The van der Waals surface area contributed by atoms with E-state index in [2.05, 4.69) is 10.6 Å². The number of nitrogens with one attached hydrogen (secondary N) is 2. The summed E-state index contributed by atoms with van der Waals surface area (Å²) in [6, 6.07) is 0.164. The van der Waals surface area contributed by atoms with Crippen molar-refractivity contribution in [3.63, 3.8) is 0 Å². The summed E-state index contributed by atoms with van der Waals surface area (Å²) in [7, 11) is 3.43. The molecule has 0 spiro atoms. The van der Waals surface area contributed by atoms with Crippen LogP contribution in [0, 0.1) is 0 Å². The van der Waals surface area contributed by atoms with Crippen LogP contribution in [0.3, 0.4) is 0 Å². The molecule has 0 saturated heterocycles. The number of urea groups is 1. The Morgan fingerprint density at radius 1 is 1.18 bits per heavy atom. The van der Waals surface area contributed by atoms with Gasteiger partial charge in [0.15, 0.2) is 0 Å². The van der Waals surface area contributed by atoms with Gasteiger partial charge in [-0.1, -0.05) is 19.3 Å². The van der Waals surface area contributed by atoms with Crippen molar-refractivity contribution in [1.29, 1.82) is 0 Å². The summed E-state index contributed by atoms with van der Waals surface area (Å²) in [5.41, 5.74) is 0. The Morgan fingerprint density at radius 2 is 1.82 bits per heavy atom. The van der Waals surface area contributed by atoms with Crippen molar-refractivity contribution in [3.8, 4) is 0 Å². The van der Waals surface area contributed by atoms with Gasteiger partial charge < -0.3 is 15.5 Å². The van der Waals surface area contributed by atoms with Gasteiger partial charge in [0, 0.05) is 33.1 Å². The van der Waals surface area contributed by atoms with Crippen LogP contribution in [-0.4, -0.2) is 43.5 Å². The van der Waals surface area contributed by atoms with Gasteiger partial charge in [-0.3, -0.25) is 4.79 Å². The minimum atomic E-state index is -0.150. The molecule has 17 heavy (non-hydrogen) atoms. The molecule has 0 heterocycles. The normalized spacial score (nSPS) is 16.4. The van der Waals surface area contributed by atoms with Crippen molar-refractivity contribution in [3.05, 3.63) is 0 Å². The molecular formula is C12H23N3O2. The molecule has 1 aliphatic rings. The van der Waals surface area contributed by atoms with Crippen molar-refractivity contribution >= 4 is 11.9 Å². The van der Waals surface area contributed by atoms with Gasteiger partial charge in [-0.2, -0.15) is 0 Å². The molecule has 2 N–H and O–H groups in total. The topological polar surface area (TPSA) is 61.4 Å². The third kappa shape index (κ3) is 5.56. The van der Waals surface area contributed by atoms with E-state index >= 15 is 0 Å². The minimum Gasteiger partial charge on any atom is -0.349 e. The Bertz CT molecular complexity index is 260. The standard InChI is InChI=1S/C12H23N3O2/c1-15(2)11(16)8-9-13-12(17)14-10-6-4-3-5-7-10/h10H,3-9H2,1-2H3,(H2,13,14,17). The van der Waals surface area contributed by atoms with Crippen molar-refractivity contribution < 1.29 is 9.59 Å². The van der Waals surface area contributed by atoms with Crippen LogP contribution in [0.5, 0.6) is 0 Å². The number of hydrogen-bond acceptors (Lipinski definition) is 2. The zero-order valence-corrected chi connectivity index (χ0v) is 10.8. The van der Waals surface area contributed by atoms with Gasteiger partial charge in [0.2, 0.25) is 5.91 Å². The van der Waals surface area contributed by atoms with Crippen molar-refractivity contribution in [2.75, 3.05) is 20.6 Å². The van der Waals surface area contributed by atoms with Gasteiger partial charge in [-0.05, 0) is 12.8 Å². The van der Waals surface area contributed by atoms with Gasteiger partial charge in [-0.15, -0.1) is 0 Å². The van der Waals surface area contributed by atoms with E-state index in [1.165, 1.54) is 24.2 Å². The summed E-state index contributed by atoms with van der Waals surface area (Å²) in [4.78, 5) is 24.3. The third-order valence-electron chi connectivity index (χ3n) is 3.06. The van der Waals surface area contributed by atoms with Gasteiger partial charge in [0.05, 0.1) is 0 Å². The maximum absolute atomic E-state index is 11.5. The van der Waals surface area contributed by atoms with E-state index in [9.17, 15) is 9.59 Å². The van der Waals surface area contributed by atoms with Crippen molar-refractivity contribution in [2.24, 2.45) is 0 Å². The molecule has 0 aromatic carbocycles. The van der Waals surface area contributed by atoms with Crippen LogP contribution in [0.25, 0.3) is 0 Å². The van der Waals surface area contributed by atoms with Crippen LogP contribution in [-0.2, 0) is 4.79 Å². The van der Waals surface area contributed by atoms with Crippen molar-refractivity contribution in [2.45, 2.75) is 44.6 Å². The first-order valence-corrected chi connectivity index (χ1v) is 6.34. The highest BCUT2D eigenvalue weighted by Gasteiger charge is 2.15. The second-order valence-electron chi connectivity index (χ2n) is 4.77. The van der Waals surface area contributed by atoms with Crippen LogP contribution >= 0.6 is 0 Å². The monoisotopic (exact) mass is 241 g/mol. The second-order valence-corrected chi connectivity index (χ2v) is 4.77. The molecular weight excluding hydrogens is 218 g/mol. The summed E-state index contributed by atoms with van der Waals surface area (Å²) in [6.07, 6.45) is 6.17. The molecule has 0 radical (unpaired) electrons. The number of carbonyl (C=O) groups excluding carboxylic acids is 2. The Labute approximate surface area is 103 Å². The summed E-state index contributed by atoms with van der Waals surface area (Å²) in [5, 5.41) is 5.67. The van der Waals surface area contributed by atoms with E-state index in [1.807, 2.05) is 0 Å². The van der Waals surface area contributed by atoms with Crippen LogP contribution in [0.4, 0.5) is 4.79 Å². The van der Waals surface area contributed by atoms with Crippen LogP contribution in [0.15, 0.2) is 0 Å². The average Bonchev–Trinajstić information content (AvgIpc) is 2.30. The SMILES string of the molecule is CN(C)C(=O)CCNC(=O)NC1CCCCC1. The summed E-state index contributed by atoms with van der Waals surface area (Å²) >= 11 is 0. The average molecular weight is 241 g/mol. The first kappa shape index (κ1) is 13.8. The molecule has 0 aromatic rings. The summed E-state index contributed by atoms with van der Waals surface area (Å²) < 4.78 is 0. The number of carbonyl (C=O) groups is 2. The van der Waals surface area contributed by atoms with Gasteiger partial charge in [-0.25, -0.2) is 4.79 Å². The minimum absolute atomic E-state index is 0.0305. The van der Waals surface area contributed by atoms with Gasteiger partial charge in [0.1, 0.15) is 0 Å². The number of amides is 3. The smallest absolute Gasteiger partial charge is 0.315 e. The molecule has 0 bridgehead atoms.